The maximum absolute atomic E-state index is 10.2. The third-order valence-corrected chi connectivity index (χ3v) is 1.97. The highest BCUT2D eigenvalue weighted by molar-refractivity contribution is 9.10. The van der Waals surface area contributed by atoms with E-state index in [-0.39, 0.29) is 6.42 Å². The number of hydrogen-bond donors (Lipinski definition) is 2. The molecular formula is C6H9BrO4. The highest BCUT2D eigenvalue weighted by Crippen LogP contribution is 2.09. The van der Waals surface area contributed by atoms with Gasteiger partial charge < -0.3 is 10.2 Å². The monoisotopic (exact) mass is 224 g/mol. The van der Waals surface area contributed by atoms with Crippen molar-refractivity contribution in [1.82, 2.24) is 0 Å². The lowest BCUT2D eigenvalue weighted by Gasteiger charge is -2.00. The molecule has 0 amide bonds. The minimum atomic E-state index is -0.949. The summed E-state index contributed by atoms with van der Waals surface area (Å²) < 4.78 is 0. The maximum atomic E-state index is 10.2. The molecule has 11 heavy (non-hydrogen) atoms. The predicted molar refractivity (Wildman–Crippen MR) is 41.8 cm³/mol. The number of carbonyl (C=O) groups is 2. The number of carboxylic acid groups (broad SMARTS) is 2. The summed E-state index contributed by atoms with van der Waals surface area (Å²) in [7, 11) is 0. The Morgan fingerprint density at radius 3 is 2.27 bits per heavy atom. The topological polar surface area (TPSA) is 74.6 Å². The lowest BCUT2D eigenvalue weighted by atomic mass is 10.2. The molecule has 0 radical (unpaired) electrons. The third-order valence-electron chi connectivity index (χ3n) is 1.12. The van der Waals surface area contributed by atoms with Crippen molar-refractivity contribution in [3.63, 3.8) is 0 Å². The number of aliphatic carboxylic acids is 2. The molecular weight excluding hydrogens is 216 g/mol. The number of hydrogen-bond acceptors (Lipinski definition) is 2. The minimum Gasteiger partial charge on any atom is -0.481 e. The van der Waals surface area contributed by atoms with Gasteiger partial charge in [-0.25, -0.2) is 0 Å². The molecule has 4 nitrogen and oxygen atoms in total. The zero-order valence-electron chi connectivity index (χ0n) is 5.79. The van der Waals surface area contributed by atoms with Crippen molar-refractivity contribution in [3.05, 3.63) is 0 Å². The van der Waals surface area contributed by atoms with Gasteiger partial charge in [0.25, 0.3) is 0 Å². The van der Waals surface area contributed by atoms with Crippen LogP contribution in [0.25, 0.3) is 0 Å². The number of rotatable bonds is 5. The normalized spacial score (nSPS) is 12.5. The molecule has 0 aromatic carbocycles. The van der Waals surface area contributed by atoms with Gasteiger partial charge in [0.15, 0.2) is 0 Å². The fourth-order valence-electron chi connectivity index (χ4n) is 0.556. The first-order valence-electron chi connectivity index (χ1n) is 3.12. The summed E-state index contributed by atoms with van der Waals surface area (Å²) in [5, 5.41) is 16.6. The molecule has 0 fully saturated rings. The van der Waals surface area contributed by atoms with Crippen LogP contribution >= 0.6 is 15.9 Å². The molecule has 0 spiro atoms. The Labute approximate surface area is 72.3 Å². The van der Waals surface area contributed by atoms with Crippen LogP contribution in [0.4, 0.5) is 0 Å². The van der Waals surface area contributed by atoms with Crippen LogP contribution in [0.5, 0.6) is 0 Å². The Bertz CT molecular complexity index is 157. The Morgan fingerprint density at radius 2 is 1.91 bits per heavy atom. The molecule has 0 heterocycles. The molecule has 0 saturated heterocycles. The second-order valence-electron chi connectivity index (χ2n) is 2.09. The third kappa shape index (κ3) is 5.84. The van der Waals surface area contributed by atoms with E-state index in [1.165, 1.54) is 0 Å². The van der Waals surface area contributed by atoms with Crippen molar-refractivity contribution in [2.75, 3.05) is 0 Å². The summed E-state index contributed by atoms with van der Waals surface area (Å²) in [6, 6.07) is 0. The van der Waals surface area contributed by atoms with E-state index in [0.717, 1.165) is 0 Å². The van der Waals surface area contributed by atoms with E-state index in [1.807, 2.05) is 0 Å². The van der Waals surface area contributed by atoms with Crippen LogP contribution in [0.2, 0.25) is 0 Å². The zero-order valence-corrected chi connectivity index (χ0v) is 7.37. The number of carboxylic acids is 2. The smallest absolute Gasteiger partial charge is 0.317 e. The molecule has 0 aromatic heterocycles. The van der Waals surface area contributed by atoms with Gasteiger partial charge in [-0.3, -0.25) is 9.59 Å². The summed E-state index contributed by atoms with van der Waals surface area (Å²) >= 11 is 2.90. The minimum absolute atomic E-state index is 0.0232. The summed E-state index contributed by atoms with van der Waals surface area (Å²) in [6.07, 6.45) is 0.758. The van der Waals surface area contributed by atoms with Gasteiger partial charge in [0, 0.05) is 6.42 Å². The molecule has 2 N–H and O–H groups in total. The molecule has 0 aromatic rings. The Hall–Kier alpha value is -0.580. The van der Waals surface area contributed by atoms with E-state index in [2.05, 4.69) is 15.9 Å². The van der Waals surface area contributed by atoms with E-state index in [0.29, 0.717) is 12.8 Å². The van der Waals surface area contributed by atoms with Gasteiger partial charge in [-0.1, -0.05) is 15.9 Å². The Kier molecular flexibility index (Phi) is 4.85. The lowest BCUT2D eigenvalue weighted by Crippen LogP contribution is -2.12. The van der Waals surface area contributed by atoms with Gasteiger partial charge in [-0.2, -0.15) is 0 Å². The predicted octanol–water partition coefficient (Wildman–Crippen LogP) is 1.09. The summed E-state index contributed by atoms with van der Waals surface area (Å²) in [5.74, 6) is -1.84. The van der Waals surface area contributed by atoms with Crippen molar-refractivity contribution >= 4 is 27.9 Å². The largest absolute Gasteiger partial charge is 0.481 e. The maximum Gasteiger partial charge on any atom is 0.317 e. The van der Waals surface area contributed by atoms with E-state index >= 15 is 0 Å². The first-order valence-corrected chi connectivity index (χ1v) is 4.04. The lowest BCUT2D eigenvalue weighted by molar-refractivity contribution is -0.138. The first kappa shape index (κ1) is 10.4. The summed E-state index contributed by atoms with van der Waals surface area (Å²) in [5.41, 5.74) is 0. The van der Waals surface area contributed by atoms with Crippen LogP contribution < -0.4 is 0 Å². The van der Waals surface area contributed by atoms with Gasteiger partial charge in [0.05, 0.1) is 0 Å². The van der Waals surface area contributed by atoms with E-state index < -0.39 is 16.8 Å². The molecule has 1 unspecified atom stereocenters. The SMILES string of the molecule is O=C(O)CCCC(Br)C(=O)O. The molecule has 0 aliphatic rings. The average Bonchev–Trinajstić information content (AvgIpc) is 1.86. The first-order chi connectivity index (χ1) is 5.04. The van der Waals surface area contributed by atoms with E-state index in [1.54, 1.807) is 0 Å². The van der Waals surface area contributed by atoms with Crippen LogP contribution in [0.15, 0.2) is 0 Å². The van der Waals surface area contributed by atoms with Crippen molar-refractivity contribution in [3.8, 4) is 0 Å². The standard InChI is InChI=1S/C6H9BrO4/c7-4(6(10)11)2-1-3-5(8)9/h4H,1-3H2,(H,8,9)(H,10,11). The molecule has 0 aliphatic carbocycles. The van der Waals surface area contributed by atoms with Crippen LogP contribution in [0, 0.1) is 0 Å². The highest BCUT2D eigenvalue weighted by atomic mass is 79.9. The summed E-state index contributed by atoms with van der Waals surface area (Å²) in [6.45, 7) is 0. The van der Waals surface area contributed by atoms with E-state index in [9.17, 15) is 9.59 Å². The van der Waals surface area contributed by atoms with Gasteiger partial charge >= 0.3 is 11.9 Å². The summed E-state index contributed by atoms with van der Waals surface area (Å²) in [4.78, 5) is 19.5. The molecule has 0 saturated carbocycles. The highest BCUT2D eigenvalue weighted by Gasteiger charge is 2.12. The zero-order chi connectivity index (χ0) is 8.85. The fraction of sp³-hybridized carbons (Fsp3) is 0.667. The quantitative estimate of drug-likeness (QED) is 0.686. The molecule has 0 bridgehead atoms. The van der Waals surface area contributed by atoms with E-state index in [4.69, 9.17) is 10.2 Å². The van der Waals surface area contributed by atoms with Gasteiger partial charge in [-0.15, -0.1) is 0 Å². The van der Waals surface area contributed by atoms with Gasteiger partial charge in [0.1, 0.15) is 4.83 Å². The van der Waals surface area contributed by atoms with Gasteiger partial charge in [0.2, 0.25) is 0 Å². The molecule has 0 rings (SSSR count). The van der Waals surface area contributed by atoms with Crippen LogP contribution in [0.3, 0.4) is 0 Å². The molecule has 64 valence electrons. The fourth-order valence-corrected chi connectivity index (χ4v) is 0.880. The second-order valence-corrected chi connectivity index (χ2v) is 3.20. The molecule has 0 aliphatic heterocycles. The number of alkyl halides is 1. The van der Waals surface area contributed by atoms with Crippen LogP contribution in [-0.4, -0.2) is 27.0 Å². The Morgan fingerprint density at radius 1 is 1.36 bits per heavy atom. The van der Waals surface area contributed by atoms with Crippen molar-refractivity contribution in [2.24, 2.45) is 0 Å². The van der Waals surface area contributed by atoms with Crippen LogP contribution in [-0.2, 0) is 9.59 Å². The van der Waals surface area contributed by atoms with Crippen molar-refractivity contribution in [2.45, 2.75) is 24.1 Å². The van der Waals surface area contributed by atoms with Crippen molar-refractivity contribution < 1.29 is 19.8 Å². The second kappa shape index (κ2) is 5.12. The Balaban J connectivity index is 3.39. The average molecular weight is 225 g/mol. The molecule has 1 atom stereocenters. The van der Waals surface area contributed by atoms with Crippen molar-refractivity contribution in [1.29, 1.82) is 0 Å². The van der Waals surface area contributed by atoms with Crippen LogP contribution in [0.1, 0.15) is 19.3 Å². The number of halogens is 1. The molecule has 5 heteroatoms. The van der Waals surface area contributed by atoms with Gasteiger partial charge in [-0.05, 0) is 12.8 Å².